The van der Waals surface area contributed by atoms with Crippen LogP contribution in [-0.2, 0) is 6.54 Å². The Morgan fingerprint density at radius 3 is 2.06 bits per heavy atom. The summed E-state index contributed by atoms with van der Waals surface area (Å²) in [6, 6.07) is 27.9. The number of nitrogens with two attached hydrogens (primary N) is 1. The highest BCUT2D eigenvalue weighted by Crippen LogP contribution is 2.17. The Labute approximate surface area is 183 Å². The first-order chi connectivity index (χ1) is 15.2. The fourth-order valence-corrected chi connectivity index (χ4v) is 3.63. The Hall–Kier alpha value is -3.80. The van der Waals surface area contributed by atoms with Crippen molar-refractivity contribution in [2.45, 2.75) is 6.54 Å². The lowest BCUT2D eigenvalue weighted by Gasteiger charge is -2.37. The van der Waals surface area contributed by atoms with Crippen molar-refractivity contribution in [2.24, 2.45) is 10.7 Å². The van der Waals surface area contributed by atoms with Crippen molar-refractivity contribution < 1.29 is 4.79 Å². The molecule has 0 atom stereocenters. The molecule has 3 N–H and O–H groups in total. The van der Waals surface area contributed by atoms with Crippen LogP contribution in [0.15, 0.2) is 89.9 Å². The third-order valence-electron chi connectivity index (χ3n) is 5.38. The molecule has 3 aromatic carbocycles. The number of benzene rings is 3. The molecule has 1 fully saturated rings. The van der Waals surface area contributed by atoms with Crippen molar-refractivity contribution in [1.82, 2.24) is 4.90 Å². The Bertz CT molecular complexity index is 1010. The fraction of sp³-hybridized carbons (Fsp3) is 0.200. The summed E-state index contributed by atoms with van der Waals surface area (Å²) in [5, 5.41) is 3.49. The molecule has 6 nitrogen and oxygen atoms in total. The predicted molar refractivity (Wildman–Crippen MR) is 126 cm³/mol. The van der Waals surface area contributed by atoms with E-state index in [1.165, 1.54) is 5.69 Å². The van der Waals surface area contributed by atoms with Crippen molar-refractivity contribution in [3.8, 4) is 0 Å². The van der Waals surface area contributed by atoms with Crippen molar-refractivity contribution in [1.29, 1.82) is 0 Å². The molecule has 1 aliphatic heterocycles. The molecule has 0 saturated carbocycles. The molecule has 4 rings (SSSR count). The van der Waals surface area contributed by atoms with Gasteiger partial charge in [-0.25, -0.2) is 4.99 Å². The molecule has 0 aromatic heterocycles. The van der Waals surface area contributed by atoms with Gasteiger partial charge in [0.15, 0.2) is 5.96 Å². The number of rotatable bonds is 5. The SMILES string of the molecule is NC(=O)c1ccc(CN=C(Nc2ccccc2)N2CCN(c3ccccc3)CC2)cc1. The highest BCUT2D eigenvalue weighted by Gasteiger charge is 2.20. The predicted octanol–water partition coefficient (Wildman–Crippen LogP) is 3.58. The highest BCUT2D eigenvalue weighted by atomic mass is 16.1. The molecule has 1 saturated heterocycles. The zero-order valence-electron chi connectivity index (χ0n) is 17.4. The third kappa shape index (κ3) is 5.42. The number of amides is 1. The van der Waals surface area contributed by atoms with E-state index in [2.05, 4.69) is 39.4 Å². The van der Waals surface area contributed by atoms with Gasteiger partial charge in [0.05, 0.1) is 6.54 Å². The normalized spacial score (nSPS) is 14.4. The van der Waals surface area contributed by atoms with E-state index < -0.39 is 5.91 Å². The van der Waals surface area contributed by atoms with Crippen molar-refractivity contribution in [2.75, 3.05) is 36.4 Å². The summed E-state index contributed by atoms with van der Waals surface area (Å²) in [6.07, 6.45) is 0. The minimum absolute atomic E-state index is 0.419. The van der Waals surface area contributed by atoms with Crippen LogP contribution in [0, 0.1) is 0 Å². The lowest BCUT2D eigenvalue weighted by atomic mass is 10.1. The summed E-state index contributed by atoms with van der Waals surface area (Å²) in [6.45, 7) is 4.16. The van der Waals surface area contributed by atoms with Gasteiger partial charge in [-0.1, -0.05) is 48.5 Å². The number of nitrogens with zero attached hydrogens (tertiary/aromatic N) is 3. The van der Waals surface area contributed by atoms with E-state index >= 15 is 0 Å². The lowest BCUT2D eigenvalue weighted by Crippen LogP contribution is -2.50. The maximum atomic E-state index is 11.3. The Morgan fingerprint density at radius 2 is 1.45 bits per heavy atom. The number of aliphatic imine (C=N–C) groups is 1. The number of hydrogen-bond acceptors (Lipinski definition) is 3. The smallest absolute Gasteiger partial charge is 0.248 e. The molecule has 0 spiro atoms. The molecule has 0 bridgehead atoms. The van der Waals surface area contributed by atoms with Crippen molar-refractivity contribution >= 4 is 23.2 Å². The van der Waals surface area contributed by atoms with Crippen LogP contribution in [0.5, 0.6) is 0 Å². The molecule has 0 unspecified atom stereocenters. The number of para-hydroxylation sites is 2. The van der Waals surface area contributed by atoms with E-state index in [4.69, 9.17) is 10.7 Å². The standard InChI is InChI=1S/C25H27N5O/c26-24(31)21-13-11-20(12-14-21)19-27-25(28-22-7-3-1-4-8-22)30-17-15-29(16-18-30)23-9-5-2-6-10-23/h1-14H,15-19H2,(H2,26,31)(H,27,28). The van der Waals surface area contributed by atoms with E-state index in [0.717, 1.165) is 43.4 Å². The number of carbonyl (C=O) groups is 1. The van der Waals surface area contributed by atoms with Gasteiger partial charge in [-0.05, 0) is 42.0 Å². The summed E-state index contributed by atoms with van der Waals surface area (Å²) in [5.41, 5.74) is 9.14. The van der Waals surface area contributed by atoms with E-state index in [1.54, 1.807) is 12.1 Å². The van der Waals surface area contributed by atoms with Crippen LogP contribution in [0.2, 0.25) is 0 Å². The van der Waals surface area contributed by atoms with Gasteiger partial charge in [0.1, 0.15) is 0 Å². The van der Waals surface area contributed by atoms with Crippen LogP contribution in [0.1, 0.15) is 15.9 Å². The van der Waals surface area contributed by atoms with Crippen LogP contribution in [-0.4, -0.2) is 42.9 Å². The number of anilines is 2. The molecule has 158 valence electrons. The van der Waals surface area contributed by atoms with Gasteiger partial charge in [0.2, 0.25) is 5.91 Å². The largest absolute Gasteiger partial charge is 0.368 e. The number of guanidine groups is 1. The zero-order valence-corrected chi connectivity index (χ0v) is 17.4. The van der Waals surface area contributed by atoms with Crippen LogP contribution in [0.4, 0.5) is 11.4 Å². The first-order valence-electron chi connectivity index (χ1n) is 10.5. The summed E-state index contributed by atoms with van der Waals surface area (Å²) in [4.78, 5) is 20.9. The molecule has 0 aliphatic carbocycles. The van der Waals surface area contributed by atoms with E-state index in [-0.39, 0.29) is 0 Å². The van der Waals surface area contributed by atoms with Crippen molar-refractivity contribution in [3.63, 3.8) is 0 Å². The molecule has 31 heavy (non-hydrogen) atoms. The fourth-order valence-electron chi connectivity index (χ4n) is 3.63. The van der Waals surface area contributed by atoms with Crippen LogP contribution < -0.4 is 16.0 Å². The maximum absolute atomic E-state index is 11.3. The van der Waals surface area contributed by atoms with E-state index in [0.29, 0.717) is 12.1 Å². The second kappa shape index (κ2) is 9.80. The summed E-state index contributed by atoms with van der Waals surface area (Å²) in [5.74, 6) is 0.440. The topological polar surface area (TPSA) is 74.0 Å². The van der Waals surface area contributed by atoms with Gasteiger partial charge in [0.25, 0.3) is 0 Å². The number of primary amides is 1. The van der Waals surface area contributed by atoms with E-state index in [9.17, 15) is 4.79 Å². The summed E-state index contributed by atoms with van der Waals surface area (Å²) < 4.78 is 0. The van der Waals surface area contributed by atoms with Gasteiger partial charge in [-0.15, -0.1) is 0 Å². The molecule has 1 aliphatic rings. The number of piperazine rings is 1. The van der Waals surface area contributed by atoms with Crippen molar-refractivity contribution in [3.05, 3.63) is 96.1 Å². The Balaban J connectivity index is 1.47. The maximum Gasteiger partial charge on any atom is 0.248 e. The van der Waals surface area contributed by atoms with Crippen LogP contribution in [0.25, 0.3) is 0 Å². The average molecular weight is 414 g/mol. The van der Waals surface area contributed by atoms with Gasteiger partial charge < -0.3 is 20.9 Å². The molecular formula is C25H27N5O. The number of hydrogen-bond donors (Lipinski definition) is 2. The summed E-state index contributed by atoms with van der Waals surface area (Å²) in [7, 11) is 0. The monoisotopic (exact) mass is 413 g/mol. The molecule has 6 heteroatoms. The molecule has 3 aromatic rings. The van der Waals surface area contributed by atoms with Gasteiger partial charge >= 0.3 is 0 Å². The number of carbonyl (C=O) groups excluding carboxylic acids is 1. The van der Waals surface area contributed by atoms with Crippen LogP contribution in [0.3, 0.4) is 0 Å². The minimum Gasteiger partial charge on any atom is -0.368 e. The first kappa shape index (κ1) is 20.5. The quantitative estimate of drug-likeness (QED) is 0.495. The van der Waals surface area contributed by atoms with Gasteiger partial charge in [-0.3, -0.25) is 4.79 Å². The second-order valence-corrected chi connectivity index (χ2v) is 7.50. The molecule has 1 heterocycles. The van der Waals surface area contributed by atoms with Gasteiger partial charge in [0, 0.05) is 43.1 Å². The Kier molecular flexibility index (Phi) is 6.47. The Morgan fingerprint density at radius 1 is 0.839 bits per heavy atom. The lowest BCUT2D eigenvalue weighted by molar-refractivity contribution is 0.100. The average Bonchev–Trinajstić information content (AvgIpc) is 2.83. The molecular weight excluding hydrogens is 386 g/mol. The molecule has 0 radical (unpaired) electrons. The second-order valence-electron chi connectivity index (χ2n) is 7.50. The van der Waals surface area contributed by atoms with Crippen LogP contribution >= 0.6 is 0 Å². The first-order valence-corrected chi connectivity index (χ1v) is 10.5. The summed E-state index contributed by atoms with van der Waals surface area (Å²) >= 11 is 0. The zero-order chi connectivity index (χ0) is 21.5. The minimum atomic E-state index is -0.419. The number of nitrogens with one attached hydrogen (secondary N) is 1. The van der Waals surface area contributed by atoms with Gasteiger partial charge in [-0.2, -0.15) is 0 Å². The van der Waals surface area contributed by atoms with E-state index in [1.807, 2.05) is 48.5 Å². The third-order valence-corrected chi connectivity index (χ3v) is 5.38. The molecule has 1 amide bonds. The highest BCUT2D eigenvalue weighted by molar-refractivity contribution is 5.94.